The molecule has 3 heterocycles. The van der Waals surface area contributed by atoms with Crippen molar-refractivity contribution in [2.75, 3.05) is 12.4 Å². The van der Waals surface area contributed by atoms with Gasteiger partial charge in [-0.3, -0.25) is 24.3 Å². The second-order valence-corrected chi connectivity index (χ2v) is 10.8. The van der Waals surface area contributed by atoms with Gasteiger partial charge in [0, 0.05) is 23.4 Å². The molecule has 44 heavy (non-hydrogen) atoms. The van der Waals surface area contributed by atoms with Gasteiger partial charge in [0.2, 0.25) is 5.82 Å². The van der Waals surface area contributed by atoms with Gasteiger partial charge >= 0.3 is 5.69 Å². The second kappa shape index (κ2) is 11.6. The topological polar surface area (TPSA) is 129 Å². The van der Waals surface area contributed by atoms with E-state index in [-0.39, 0.29) is 5.76 Å². The van der Waals surface area contributed by atoms with E-state index in [4.69, 9.17) is 9.15 Å². The number of nitro groups is 1. The van der Waals surface area contributed by atoms with Crippen LogP contribution in [0.25, 0.3) is 17.4 Å². The first-order valence-corrected chi connectivity index (χ1v) is 14.1. The minimum Gasteiger partial charge on any atom is -0.497 e. The molecule has 2 aromatic heterocycles. The van der Waals surface area contributed by atoms with Crippen molar-refractivity contribution in [2.45, 2.75) is 13.0 Å². The molecule has 10 nitrogen and oxygen atoms in total. The van der Waals surface area contributed by atoms with Crippen molar-refractivity contribution in [1.29, 1.82) is 0 Å². The third-order valence-corrected chi connectivity index (χ3v) is 8.02. The van der Waals surface area contributed by atoms with Crippen LogP contribution < -0.4 is 24.9 Å². The van der Waals surface area contributed by atoms with Gasteiger partial charge in [-0.25, -0.2) is 4.99 Å². The third-order valence-electron chi connectivity index (χ3n) is 7.03. The molecule has 1 aliphatic rings. The van der Waals surface area contributed by atoms with Gasteiger partial charge in [0.15, 0.2) is 4.80 Å². The molecule has 220 valence electrons. The highest BCUT2D eigenvalue weighted by Crippen LogP contribution is 2.33. The zero-order chi connectivity index (χ0) is 31.0. The first-order chi connectivity index (χ1) is 21.2. The predicted molar refractivity (Wildman–Crippen MR) is 163 cm³/mol. The highest BCUT2D eigenvalue weighted by molar-refractivity contribution is 7.07. The normalized spacial score (nSPS) is 14.6. The summed E-state index contributed by atoms with van der Waals surface area (Å²) in [7, 11) is 1.54. The van der Waals surface area contributed by atoms with Crippen molar-refractivity contribution >= 4 is 34.7 Å². The average Bonchev–Trinajstić information content (AvgIpc) is 3.61. The first kappa shape index (κ1) is 28.5. The van der Waals surface area contributed by atoms with E-state index in [2.05, 4.69) is 10.3 Å². The molecule has 0 radical (unpaired) electrons. The number of methoxy groups -OCH3 is 1. The number of ether oxygens (including phenoxy) is 1. The Balaban J connectivity index is 1.44. The number of benzene rings is 3. The lowest BCUT2D eigenvalue weighted by Crippen LogP contribution is -2.40. The van der Waals surface area contributed by atoms with E-state index in [9.17, 15) is 24.1 Å². The van der Waals surface area contributed by atoms with Crippen LogP contribution in [0.4, 0.5) is 15.8 Å². The molecule has 1 amide bonds. The number of hydrogen-bond acceptors (Lipinski definition) is 8. The van der Waals surface area contributed by atoms with Gasteiger partial charge in [-0.2, -0.15) is 4.39 Å². The van der Waals surface area contributed by atoms with Gasteiger partial charge in [-0.05, 0) is 61.0 Å². The predicted octanol–water partition coefficient (Wildman–Crippen LogP) is 5.19. The van der Waals surface area contributed by atoms with Crippen molar-refractivity contribution in [3.63, 3.8) is 0 Å². The van der Waals surface area contributed by atoms with Gasteiger partial charge < -0.3 is 14.5 Å². The number of nitrogens with one attached hydrogen (secondary N) is 1. The lowest BCUT2D eigenvalue weighted by molar-refractivity contribution is -0.387. The standard InChI is InChI=1S/C32H23FN4O6S/c1-18-28(30(38)35-21-8-4-3-5-9-21)29(20-7-6-10-22(15-20)42-2)36-31(39)27(44-32(36)34-18)17-23-12-14-26(43-23)19-11-13-24(33)25(16-19)37(40)41/h3-17,29H,1-2H3,(H,35,38)/b27-17-/t29-/m0/s1. The summed E-state index contributed by atoms with van der Waals surface area (Å²) in [6, 6.07) is 22.0. The van der Waals surface area contributed by atoms with Crippen LogP contribution in [0.3, 0.4) is 0 Å². The van der Waals surface area contributed by atoms with E-state index >= 15 is 0 Å². The minimum absolute atomic E-state index is 0.261. The summed E-state index contributed by atoms with van der Waals surface area (Å²) >= 11 is 1.13. The Labute approximate surface area is 252 Å². The van der Waals surface area contributed by atoms with E-state index in [1.165, 1.54) is 23.8 Å². The Kier molecular flexibility index (Phi) is 7.50. The summed E-state index contributed by atoms with van der Waals surface area (Å²) in [5.74, 6) is -0.232. The van der Waals surface area contributed by atoms with E-state index in [1.807, 2.05) is 24.3 Å². The number of aromatic nitrogens is 1. The van der Waals surface area contributed by atoms with Gasteiger partial charge in [0.25, 0.3) is 11.5 Å². The maximum atomic E-state index is 14.0. The van der Waals surface area contributed by atoms with E-state index < -0.39 is 33.9 Å². The zero-order valence-electron chi connectivity index (χ0n) is 23.3. The third kappa shape index (κ3) is 5.34. The number of halogens is 1. The van der Waals surface area contributed by atoms with Crippen molar-refractivity contribution < 1.29 is 23.3 Å². The molecule has 3 aromatic carbocycles. The summed E-state index contributed by atoms with van der Waals surface area (Å²) in [4.78, 5) is 43.1. The number of thiazole rings is 1. The molecule has 0 aliphatic carbocycles. The number of nitrogens with zero attached hydrogens (tertiary/aromatic N) is 3. The monoisotopic (exact) mass is 610 g/mol. The Morgan fingerprint density at radius 3 is 2.66 bits per heavy atom. The summed E-state index contributed by atoms with van der Waals surface area (Å²) in [6.45, 7) is 1.73. The van der Waals surface area contributed by atoms with E-state index in [1.54, 1.807) is 49.4 Å². The van der Waals surface area contributed by atoms with Crippen molar-refractivity contribution in [3.8, 4) is 17.1 Å². The summed E-state index contributed by atoms with van der Waals surface area (Å²) in [5.41, 5.74) is 1.25. The molecule has 12 heteroatoms. The molecule has 6 rings (SSSR count). The second-order valence-electron chi connectivity index (χ2n) is 9.80. The van der Waals surface area contributed by atoms with Crippen LogP contribution >= 0.6 is 11.3 Å². The molecule has 1 atom stereocenters. The fourth-order valence-corrected chi connectivity index (χ4v) is 6.01. The number of anilines is 1. The number of carbonyl (C=O) groups is 1. The molecule has 0 fully saturated rings. The number of hydrogen-bond donors (Lipinski definition) is 1. The molecule has 1 aliphatic heterocycles. The van der Waals surface area contributed by atoms with Crippen LogP contribution in [0.1, 0.15) is 24.3 Å². The fraction of sp³-hybridized carbons (Fsp3) is 0.0938. The molecule has 0 bridgehead atoms. The lowest BCUT2D eigenvalue weighted by Gasteiger charge is -2.25. The largest absolute Gasteiger partial charge is 0.497 e. The minimum atomic E-state index is -0.954. The molecule has 0 saturated heterocycles. The Bertz CT molecular complexity index is 2150. The zero-order valence-corrected chi connectivity index (χ0v) is 24.1. The quantitative estimate of drug-likeness (QED) is 0.200. The number of rotatable bonds is 7. The Morgan fingerprint density at radius 2 is 1.91 bits per heavy atom. The lowest BCUT2D eigenvalue weighted by atomic mass is 9.95. The Morgan fingerprint density at radius 1 is 1.11 bits per heavy atom. The van der Waals surface area contributed by atoms with Crippen LogP contribution in [-0.4, -0.2) is 22.5 Å². The van der Waals surface area contributed by atoms with Crippen LogP contribution in [0.5, 0.6) is 5.75 Å². The smallest absolute Gasteiger partial charge is 0.305 e. The highest BCUT2D eigenvalue weighted by atomic mass is 32.1. The van der Waals surface area contributed by atoms with E-state index in [0.717, 1.165) is 23.5 Å². The number of para-hydroxylation sites is 1. The molecule has 5 aromatic rings. The highest BCUT2D eigenvalue weighted by Gasteiger charge is 2.33. The number of allylic oxidation sites excluding steroid dienone is 1. The fourth-order valence-electron chi connectivity index (χ4n) is 4.98. The van der Waals surface area contributed by atoms with E-state index in [0.29, 0.717) is 48.9 Å². The number of carbonyl (C=O) groups excluding carboxylic acids is 1. The number of fused-ring (bicyclic) bond motifs is 1. The average molecular weight is 611 g/mol. The Hall–Kier alpha value is -5.62. The van der Waals surface area contributed by atoms with Gasteiger partial charge in [0.1, 0.15) is 17.3 Å². The molecule has 0 spiro atoms. The summed E-state index contributed by atoms with van der Waals surface area (Å²) in [5, 5.41) is 14.1. The van der Waals surface area contributed by atoms with Crippen molar-refractivity contribution in [3.05, 3.63) is 143 Å². The number of furan rings is 1. The molecule has 0 saturated carbocycles. The summed E-state index contributed by atoms with van der Waals surface area (Å²) < 4.78 is 26.9. The molecule has 1 N–H and O–H groups in total. The van der Waals surface area contributed by atoms with Gasteiger partial charge in [0.05, 0.1) is 33.9 Å². The molecule has 0 unspecified atom stereocenters. The number of nitro benzene ring substituents is 1. The molecular weight excluding hydrogens is 587 g/mol. The van der Waals surface area contributed by atoms with Crippen molar-refractivity contribution in [1.82, 2.24) is 4.57 Å². The summed E-state index contributed by atoms with van der Waals surface area (Å²) in [6.07, 6.45) is 1.54. The molecular formula is C32H23FN4O6S. The van der Waals surface area contributed by atoms with Crippen molar-refractivity contribution in [2.24, 2.45) is 4.99 Å². The van der Waals surface area contributed by atoms with Crippen LogP contribution in [0.15, 0.2) is 110 Å². The maximum Gasteiger partial charge on any atom is 0.305 e. The van der Waals surface area contributed by atoms with Crippen LogP contribution in [0, 0.1) is 15.9 Å². The van der Waals surface area contributed by atoms with Gasteiger partial charge in [-0.15, -0.1) is 0 Å². The van der Waals surface area contributed by atoms with Gasteiger partial charge in [-0.1, -0.05) is 41.7 Å². The number of amides is 1. The maximum absolute atomic E-state index is 14.0. The first-order valence-electron chi connectivity index (χ1n) is 13.3. The van der Waals surface area contributed by atoms with Crippen LogP contribution in [0.2, 0.25) is 0 Å². The SMILES string of the molecule is COc1cccc([C@H]2C(C(=O)Nc3ccccc3)=C(C)N=c3s/c(=C\c4ccc(-c5ccc(F)c([N+](=O)[O-])c5)o4)c(=O)n32)c1. The van der Waals surface area contributed by atoms with Crippen LogP contribution in [-0.2, 0) is 4.79 Å².